The predicted octanol–water partition coefficient (Wildman–Crippen LogP) is 0.668. The van der Waals surface area contributed by atoms with Gasteiger partial charge >= 0.3 is 0 Å². The Bertz CT molecular complexity index is 199. The molecule has 2 atom stereocenters. The first-order chi connectivity index (χ1) is 7.11. The van der Waals surface area contributed by atoms with E-state index in [0.29, 0.717) is 24.7 Å². The van der Waals surface area contributed by atoms with Crippen molar-refractivity contribution in [2.45, 2.75) is 51.4 Å². The summed E-state index contributed by atoms with van der Waals surface area (Å²) in [7, 11) is 1.67. The summed E-state index contributed by atoms with van der Waals surface area (Å²) in [5.41, 5.74) is 0. The van der Waals surface area contributed by atoms with E-state index in [2.05, 4.69) is 24.5 Å². The molecule has 2 N–H and O–H groups in total. The molecule has 0 aromatic heterocycles. The minimum absolute atomic E-state index is 0.0932. The first-order valence-electron chi connectivity index (χ1n) is 5.71. The summed E-state index contributed by atoms with van der Waals surface area (Å²) in [5.74, 6) is 0.0932. The lowest BCUT2D eigenvalue weighted by Crippen LogP contribution is -2.42. The topological polar surface area (TPSA) is 50.4 Å². The maximum Gasteiger partial charge on any atom is 0.221 e. The van der Waals surface area contributed by atoms with Gasteiger partial charge < -0.3 is 15.4 Å². The molecule has 0 aliphatic carbocycles. The van der Waals surface area contributed by atoms with Crippen LogP contribution >= 0.6 is 0 Å². The van der Waals surface area contributed by atoms with E-state index < -0.39 is 0 Å². The van der Waals surface area contributed by atoms with E-state index in [0.717, 1.165) is 19.4 Å². The second kappa shape index (κ2) is 6.08. The van der Waals surface area contributed by atoms with E-state index in [1.165, 1.54) is 0 Å². The standard InChI is InChI=1S/C11H22N2O2/c1-8-6-10(7-9(2)15-8)13-5-4-11(14)12-3/h8-10,13H,4-7H2,1-3H3,(H,12,14). The molecule has 1 saturated heterocycles. The molecule has 1 aliphatic heterocycles. The molecule has 1 amide bonds. The summed E-state index contributed by atoms with van der Waals surface area (Å²) in [6.07, 6.45) is 3.28. The Morgan fingerprint density at radius 3 is 2.47 bits per heavy atom. The zero-order valence-electron chi connectivity index (χ0n) is 9.88. The third kappa shape index (κ3) is 4.62. The molecule has 0 spiro atoms. The monoisotopic (exact) mass is 214 g/mol. The van der Waals surface area contributed by atoms with E-state index >= 15 is 0 Å². The average Bonchev–Trinajstić information content (AvgIpc) is 2.16. The number of carbonyl (C=O) groups is 1. The Morgan fingerprint density at radius 2 is 1.93 bits per heavy atom. The first-order valence-corrected chi connectivity index (χ1v) is 5.71. The molecule has 88 valence electrons. The van der Waals surface area contributed by atoms with Gasteiger partial charge in [-0.2, -0.15) is 0 Å². The lowest BCUT2D eigenvalue weighted by molar-refractivity contribution is -0.120. The van der Waals surface area contributed by atoms with Crippen LogP contribution in [0.3, 0.4) is 0 Å². The highest BCUT2D eigenvalue weighted by Gasteiger charge is 2.23. The van der Waals surface area contributed by atoms with E-state index in [1.54, 1.807) is 7.05 Å². The van der Waals surface area contributed by atoms with Crippen molar-refractivity contribution in [3.8, 4) is 0 Å². The van der Waals surface area contributed by atoms with Gasteiger partial charge in [0.15, 0.2) is 0 Å². The van der Waals surface area contributed by atoms with Crippen LogP contribution in [-0.4, -0.2) is 37.7 Å². The van der Waals surface area contributed by atoms with Crippen molar-refractivity contribution in [3.63, 3.8) is 0 Å². The van der Waals surface area contributed by atoms with Gasteiger partial charge in [-0.15, -0.1) is 0 Å². The van der Waals surface area contributed by atoms with E-state index in [4.69, 9.17) is 4.74 Å². The van der Waals surface area contributed by atoms with Crippen molar-refractivity contribution < 1.29 is 9.53 Å². The third-order valence-corrected chi connectivity index (χ3v) is 2.76. The van der Waals surface area contributed by atoms with Gasteiger partial charge in [0.25, 0.3) is 0 Å². The second-order valence-electron chi connectivity index (χ2n) is 4.30. The third-order valence-electron chi connectivity index (χ3n) is 2.76. The molecule has 1 fully saturated rings. The van der Waals surface area contributed by atoms with Crippen molar-refractivity contribution in [1.82, 2.24) is 10.6 Å². The number of carbonyl (C=O) groups excluding carboxylic acids is 1. The van der Waals surface area contributed by atoms with Crippen molar-refractivity contribution in [2.24, 2.45) is 0 Å². The number of hydrogen-bond donors (Lipinski definition) is 2. The highest BCUT2D eigenvalue weighted by atomic mass is 16.5. The van der Waals surface area contributed by atoms with Crippen molar-refractivity contribution in [3.05, 3.63) is 0 Å². The molecule has 0 aromatic carbocycles. The minimum Gasteiger partial charge on any atom is -0.375 e. The Labute approximate surface area is 91.8 Å². The van der Waals surface area contributed by atoms with Crippen LogP contribution in [-0.2, 0) is 9.53 Å². The summed E-state index contributed by atoms with van der Waals surface area (Å²) >= 11 is 0. The van der Waals surface area contributed by atoms with Crippen LogP contribution in [0.4, 0.5) is 0 Å². The smallest absolute Gasteiger partial charge is 0.221 e. The Balaban J connectivity index is 2.17. The lowest BCUT2D eigenvalue weighted by Gasteiger charge is -2.32. The summed E-state index contributed by atoms with van der Waals surface area (Å²) in [4.78, 5) is 11.0. The van der Waals surface area contributed by atoms with E-state index in [1.807, 2.05) is 0 Å². The van der Waals surface area contributed by atoms with Gasteiger partial charge in [0.2, 0.25) is 5.91 Å². The fourth-order valence-corrected chi connectivity index (χ4v) is 2.09. The molecule has 1 rings (SSSR count). The van der Waals surface area contributed by atoms with Crippen LogP contribution in [0.2, 0.25) is 0 Å². The molecular formula is C11H22N2O2. The Morgan fingerprint density at radius 1 is 1.33 bits per heavy atom. The van der Waals surface area contributed by atoms with Gasteiger partial charge in [-0.3, -0.25) is 4.79 Å². The highest BCUT2D eigenvalue weighted by Crippen LogP contribution is 2.18. The molecule has 0 radical (unpaired) electrons. The summed E-state index contributed by atoms with van der Waals surface area (Å²) in [6, 6.07) is 0.494. The van der Waals surface area contributed by atoms with Crippen molar-refractivity contribution in [2.75, 3.05) is 13.6 Å². The molecule has 4 heteroatoms. The molecule has 0 saturated carbocycles. The first kappa shape index (κ1) is 12.5. The Hall–Kier alpha value is -0.610. The molecule has 2 unspecified atom stereocenters. The largest absolute Gasteiger partial charge is 0.375 e. The SMILES string of the molecule is CNC(=O)CCNC1CC(C)OC(C)C1. The summed E-state index contributed by atoms with van der Waals surface area (Å²) in [5, 5.41) is 6.02. The molecule has 1 heterocycles. The fraction of sp³-hybridized carbons (Fsp3) is 0.909. The lowest BCUT2D eigenvalue weighted by atomic mass is 10.00. The van der Waals surface area contributed by atoms with E-state index in [-0.39, 0.29) is 5.91 Å². The van der Waals surface area contributed by atoms with Gasteiger partial charge in [0.1, 0.15) is 0 Å². The minimum atomic E-state index is 0.0932. The van der Waals surface area contributed by atoms with Crippen molar-refractivity contribution >= 4 is 5.91 Å². The van der Waals surface area contributed by atoms with Crippen LogP contribution in [0.25, 0.3) is 0 Å². The predicted molar refractivity (Wildman–Crippen MR) is 59.7 cm³/mol. The zero-order chi connectivity index (χ0) is 11.3. The molecular weight excluding hydrogens is 192 g/mol. The molecule has 1 aliphatic rings. The quantitative estimate of drug-likeness (QED) is 0.723. The van der Waals surface area contributed by atoms with Crippen LogP contribution < -0.4 is 10.6 Å². The van der Waals surface area contributed by atoms with Gasteiger partial charge in [-0.05, 0) is 26.7 Å². The van der Waals surface area contributed by atoms with Crippen LogP contribution in [0, 0.1) is 0 Å². The fourth-order valence-electron chi connectivity index (χ4n) is 2.09. The van der Waals surface area contributed by atoms with Gasteiger partial charge in [0, 0.05) is 26.1 Å². The molecule has 0 aromatic rings. The number of amides is 1. The van der Waals surface area contributed by atoms with Crippen LogP contribution in [0.5, 0.6) is 0 Å². The Kier molecular flexibility index (Phi) is 5.05. The molecule has 15 heavy (non-hydrogen) atoms. The highest BCUT2D eigenvalue weighted by molar-refractivity contribution is 5.75. The molecule has 4 nitrogen and oxygen atoms in total. The van der Waals surface area contributed by atoms with Crippen molar-refractivity contribution in [1.29, 1.82) is 0 Å². The average molecular weight is 214 g/mol. The number of nitrogens with one attached hydrogen (secondary N) is 2. The molecule has 0 bridgehead atoms. The number of hydrogen-bond acceptors (Lipinski definition) is 3. The normalized spacial score (nSPS) is 31.3. The summed E-state index contributed by atoms with van der Waals surface area (Å²) in [6.45, 7) is 4.95. The number of ether oxygens (including phenoxy) is 1. The number of rotatable bonds is 4. The van der Waals surface area contributed by atoms with Crippen LogP contribution in [0.1, 0.15) is 33.1 Å². The van der Waals surface area contributed by atoms with Gasteiger partial charge in [-0.1, -0.05) is 0 Å². The van der Waals surface area contributed by atoms with Gasteiger partial charge in [-0.25, -0.2) is 0 Å². The zero-order valence-corrected chi connectivity index (χ0v) is 9.88. The maximum absolute atomic E-state index is 11.0. The summed E-state index contributed by atoms with van der Waals surface area (Å²) < 4.78 is 5.65. The van der Waals surface area contributed by atoms with E-state index in [9.17, 15) is 4.79 Å². The maximum atomic E-state index is 11.0. The van der Waals surface area contributed by atoms with Crippen LogP contribution in [0.15, 0.2) is 0 Å². The second-order valence-corrected chi connectivity index (χ2v) is 4.30. The van der Waals surface area contributed by atoms with Gasteiger partial charge in [0.05, 0.1) is 12.2 Å².